The number of hydrogen-bond acceptors (Lipinski definition) is 6. The smallest absolute Gasteiger partial charge is 0.260 e. The van der Waals surface area contributed by atoms with Crippen LogP contribution in [0.3, 0.4) is 0 Å². The zero-order chi connectivity index (χ0) is 22.9. The third-order valence-corrected chi connectivity index (χ3v) is 7.53. The average Bonchev–Trinajstić information content (AvgIpc) is 3.12. The zero-order valence-corrected chi connectivity index (χ0v) is 18.9. The summed E-state index contributed by atoms with van der Waals surface area (Å²) in [6.45, 7) is 3.76. The van der Waals surface area contributed by atoms with E-state index in [0.717, 1.165) is 5.56 Å². The maximum atomic E-state index is 13.0. The number of fused-ring (bicyclic) bond motifs is 1. The van der Waals surface area contributed by atoms with Gasteiger partial charge in [-0.25, -0.2) is 8.42 Å². The van der Waals surface area contributed by atoms with Crippen LogP contribution in [0.4, 0.5) is 0 Å². The molecule has 3 aromatic rings. The molecule has 4 rings (SSSR count). The van der Waals surface area contributed by atoms with Crippen LogP contribution in [-0.4, -0.2) is 49.9 Å². The Morgan fingerprint density at radius 1 is 1.19 bits per heavy atom. The van der Waals surface area contributed by atoms with E-state index in [1.165, 1.54) is 0 Å². The van der Waals surface area contributed by atoms with Gasteiger partial charge in [0.15, 0.2) is 16.4 Å². The van der Waals surface area contributed by atoms with Crippen molar-refractivity contribution in [3.05, 3.63) is 64.5 Å². The van der Waals surface area contributed by atoms with Crippen LogP contribution in [0.5, 0.6) is 5.75 Å². The Balaban J connectivity index is 1.53. The minimum Gasteiger partial charge on any atom is -0.484 e. The number of likely N-dealkylation sites (N-methyl/N-ethyl adjacent to an activating group) is 1. The molecule has 0 aliphatic carbocycles. The quantitative estimate of drug-likeness (QED) is 0.567. The van der Waals surface area contributed by atoms with Crippen molar-refractivity contribution in [1.29, 1.82) is 0 Å². The first-order valence-electron chi connectivity index (χ1n) is 10.5. The molecule has 1 aliphatic rings. The van der Waals surface area contributed by atoms with Crippen molar-refractivity contribution < 1.29 is 22.4 Å². The third-order valence-electron chi connectivity index (χ3n) is 5.77. The molecule has 0 saturated carbocycles. The monoisotopic (exact) mass is 455 g/mol. The van der Waals surface area contributed by atoms with Crippen LogP contribution in [0, 0.1) is 6.92 Å². The van der Waals surface area contributed by atoms with Crippen LogP contribution in [0.15, 0.2) is 57.7 Å². The summed E-state index contributed by atoms with van der Waals surface area (Å²) in [5.74, 6) is 0.733. The fraction of sp³-hybridized carbons (Fsp3) is 0.333. The van der Waals surface area contributed by atoms with Crippen molar-refractivity contribution in [2.45, 2.75) is 26.3 Å². The van der Waals surface area contributed by atoms with Gasteiger partial charge in [0.2, 0.25) is 5.43 Å². The molecule has 0 unspecified atom stereocenters. The molecule has 1 atom stereocenters. The maximum Gasteiger partial charge on any atom is 0.260 e. The SMILES string of the molecule is CCN(C(=O)COc1ccc2c(=O)c(-c3ccccc3)c(C)oc2c1)[C@H]1CCS(=O)(=O)C1. The van der Waals surface area contributed by atoms with Gasteiger partial charge in [0.05, 0.1) is 22.5 Å². The second-order valence-corrected chi connectivity index (χ2v) is 10.1. The Kier molecular flexibility index (Phi) is 6.06. The van der Waals surface area contributed by atoms with Gasteiger partial charge in [-0.3, -0.25) is 9.59 Å². The molecular weight excluding hydrogens is 430 g/mol. The number of aryl methyl sites for hydroxylation is 1. The Hall–Kier alpha value is -3.13. The largest absolute Gasteiger partial charge is 0.484 e. The van der Waals surface area contributed by atoms with Crippen molar-refractivity contribution in [2.75, 3.05) is 24.7 Å². The Bertz CT molecular complexity index is 1310. The van der Waals surface area contributed by atoms with Crippen LogP contribution < -0.4 is 10.2 Å². The number of hydrogen-bond donors (Lipinski definition) is 0. The summed E-state index contributed by atoms with van der Waals surface area (Å²) in [7, 11) is -3.08. The Labute approximate surface area is 186 Å². The molecule has 168 valence electrons. The number of nitrogens with zero attached hydrogens (tertiary/aromatic N) is 1. The first kappa shape index (κ1) is 22.1. The lowest BCUT2D eigenvalue weighted by molar-refractivity contribution is -0.135. The summed E-state index contributed by atoms with van der Waals surface area (Å²) >= 11 is 0. The van der Waals surface area contributed by atoms with Crippen LogP contribution in [0.1, 0.15) is 19.1 Å². The standard InChI is InChI=1S/C24H25NO6S/c1-3-25(18-11-12-32(28,29)15-18)22(26)14-30-19-9-10-20-21(13-19)31-16(2)23(24(20)27)17-7-5-4-6-8-17/h4-10,13,18H,3,11-12,14-15H2,1-2H3/t18-/m0/s1. The van der Waals surface area contributed by atoms with E-state index in [1.807, 2.05) is 37.3 Å². The van der Waals surface area contributed by atoms with Crippen LogP contribution in [0.25, 0.3) is 22.1 Å². The normalized spacial score (nSPS) is 17.4. The second kappa shape index (κ2) is 8.78. The van der Waals surface area contributed by atoms with Crippen molar-refractivity contribution >= 4 is 26.7 Å². The molecular formula is C24H25NO6S. The lowest BCUT2D eigenvalue weighted by Crippen LogP contribution is -2.43. The molecule has 0 bridgehead atoms. The van der Waals surface area contributed by atoms with E-state index in [4.69, 9.17) is 9.15 Å². The number of rotatable bonds is 6. The zero-order valence-electron chi connectivity index (χ0n) is 18.0. The predicted octanol–water partition coefficient (Wildman–Crippen LogP) is 3.18. The van der Waals surface area contributed by atoms with E-state index >= 15 is 0 Å². The molecule has 7 nitrogen and oxygen atoms in total. The lowest BCUT2D eigenvalue weighted by Gasteiger charge is -2.26. The van der Waals surface area contributed by atoms with Gasteiger partial charge in [-0.1, -0.05) is 30.3 Å². The summed E-state index contributed by atoms with van der Waals surface area (Å²) in [6.07, 6.45) is 0.450. The van der Waals surface area contributed by atoms with Crippen molar-refractivity contribution in [3.8, 4) is 16.9 Å². The molecule has 1 aliphatic heterocycles. The van der Waals surface area contributed by atoms with Crippen LogP contribution >= 0.6 is 0 Å². The predicted molar refractivity (Wildman–Crippen MR) is 123 cm³/mol. The fourth-order valence-electron chi connectivity index (χ4n) is 4.20. The third kappa shape index (κ3) is 4.41. The Morgan fingerprint density at radius 3 is 2.59 bits per heavy atom. The van der Waals surface area contributed by atoms with Crippen molar-refractivity contribution in [3.63, 3.8) is 0 Å². The van der Waals surface area contributed by atoms with E-state index in [-0.39, 0.29) is 35.5 Å². The maximum absolute atomic E-state index is 13.0. The molecule has 1 fully saturated rings. The number of carbonyl (C=O) groups is 1. The first-order valence-corrected chi connectivity index (χ1v) is 12.4. The van der Waals surface area contributed by atoms with Crippen LogP contribution in [-0.2, 0) is 14.6 Å². The topological polar surface area (TPSA) is 93.9 Å². The van der Waals surface area contributed by atoms with Crippen molar-refractivity contribution in [2.24, 2.45) is 0 Å². The highest BCUT2D eigenvalue weighted by molar-refractivity contribution is 7.91. The van der Waals surface area contributed by atoms with Crippen molar-refractivity contribution in [1.82, 2.24) is 4.90 Å². The summed E-state index contributed by atoms with van der Waals surface area (Å²) in [6, 6.07) is 13.9. The molecule has 2 aromatic carbocycles. The van der Waals surface area contributed by atoms with Gasteiger partial charge >= 0.3 is 0 Å². The number of benzene rings is 2. The minimum absolute atomic E-state index is 0.00324. The summed E-state index contributed by atoms with van der Waals surface area (Å²) in [5, 5.41) is 0.430. The summed E-state index contributed by atoms with van der Waals surface area (Å²) < 4.78 is 35.1. The second-order valence-electron chi connectivity index (χ2n) is 7.91. The van der Waals surface area contributed by atoms with E-state index in [2.05, 4.69) is 0 Å². The van der Waals surface area contributed by atoms with Gasteiger partial charge in [-0.15, -0.1) is 0 Å². The summed E-state index contributed by atoms with van der Waals surface area (Å²) in [4.78, 5) is 27.3. The number of sulfone groups is 1. The van der Waals surface area contributed by atoms with Gasteiger partial charge in [-0.05, 0) is 38.0 Å². The molecule has 0 radical (unpaired) electrons. The molecule has 1 amide bonds. The highest BCUT2D eigenvalue weighted by atomic mass is 32.2. The molecule has 8 heteroatoms. The van der Waals surface area contributed by atoms with Gasteiger partial charge < -0.3 is 14.1 Å². The first-order chi connectivity index (χ1) is 15.3. The minimum atomic E-state index is -3.08. The van der Waals surface area contributed by atoms with Gasteiger partial charge in [0.1, 0.15) is 17.1 Å². The number of ether oxygens (including phenoxy) is 1. The van der Waals surface area contributed by atoms with E-state index < -0.39 is 9.84 Å². The molecule has 32 heavy (non-hydrogen) atoms. The number of carbonyl (C=O) groups excluding carboxylic acids is 1. The number of amides is 1. The van der Waals surface area contributed by atoms with E-state index in [1.54, 1.807) is 30.0 Å². The highest BCUT2D eigenvalue weighted by Gasteiger charge is 2.34. The van der Waals surface area contributed by atoms with Crippen LogP contribution in [0.2, 0.25) is 0 Å². The molecule has 0 N–H and O–H groups in total. The van der Waals surface area contributed by atoms with E-state index in [9.17, 15) is 18.0 Å². The molecule has 1 aromatic heterocycles. The lowest BCUT2D eigenvalue weighted by atomic mass is 10.0. The van der Waals surface area contributed by atoms with Gasteiger partial charge in [0, 0.05) is 18.7 Å². The summed E-state index contributed by atoms with van der Waals surface area (Å²) in [5.41, 5.74) is 1.57. The van der Waals surface area contributed by atoms with Gasteiger partial charge in [0.25, 0.3) is 5.91 Å². The highest BCUT2D eigenvalue weighted by Crippen LogP contribution is 2.26. The molecule has 0 spiro atoms. The average molecular weight is 456 g/mol. The fourth-order valence-corrected chi connectivity index (χ4v) is 5.93. The Morgan fingerprint density at radius 2 is 1.94 bits per heavy atom. The molecule has 1 saturated heterocycles. The van der Waals surface area contributed by atoms with E-state index in [0.29, 0.717) is 41.0 Å². The molecule has 2 heterocycles. The van der Waals surface area contributed by atoms with Gasteiger partial charge in [-0.2, -0.15) is 0 Å².